The van der Waals surface area contributed by atoms with Crippen LogP contribution in [0.25, 0.3) is 0 Å². The highest BCUT2D eigenvalue weighted by Gasteiger charge is 2.66. The van der Waals surface area contributed by atoms with E-state index < -0.39 is 17.3 Å². The first kappa shape index (κ1) is 14.2. The molecule has 1 N–H and O–H groups in total. The molecule has 3 unspecified atom stereocenters. The lowest BCUT2D eigenvalue weighted by atomic mass is 10.1. The first-order chi connectivity index (χ1) is 9.76. The summed E-state index contributed by atoms with van der Waals surface area (Å²) in [5, 5.41) is 9.26. The lowest BCUT2D eigenvalue weighted by Crippen LogP contribution is -2.42. The standard InChI is InChI=1S/C16H22N2O3/c1-9-5-6-11-10(2)18(8-7-17(9)11)14(19)12-13(15(20)21)16(12,3)4/h5-6,10,12-13H,7-8H2,1-4H3,(H,20,21). The van der Waals surface area contributed by atoms with Crippen LogP contribution >= 0.6 is 0 Å². The van der Waals surface area contributed by atoms with Gasteiger partial charge in [-0.15, -0.1) is 0 Å². The quantitative estimate of drug-likeness (QED) is 0.907. The van der Waals surface area contributed by atoms with Crippen LogP contribution in [0.4, 0.5) is 0 Å². The Morgan fingerprint density at radius 3 is 2.48 bits per heavy atom. The number of carbonyl (C=O) groups is 2. The number of aryl methyl sites for hydroxylation is 1. The molecule has 1 saturated carbocycles. The first-order valence-electron chi connectivity index (χ1n) is 7.46. The SMILES string of the molecule is Cc1ccc2n1CCN(C(=O)C1C(C(=O)O)C1(C)C)C2C. The normalized spacial score (nSPS) is 29.9. The topological polar surface area (TPSA) is 62.5 Å². The third-order valence-electron chi connectivity index (χ3n) is 5.34. The van der Waals surface area contributed by atoms with Crippen LogP contribution in [0.5, 0.6) is 0 Å². The summed E-state index contributed by atoms with van der Waals surface area (Å²) in [6, 6.07) is 4.14. The van der Waals surface area contributed by atoms with Gasteiger partial charge in [-0.25, -0.2) is 0 Å². The molecule has 1 aliphatic carbocycles. The number of aromatic nitrogens is 1. The molecule has 2 heterocycles. The summed E-state index contributed by atoms with van der Waals surface area (Å²) < 4.78 is 2.24. The average molecular weight is 290 g/mol. The van der Waals surface area contributed by atoms with Crippen molar-refractivity contribution in [2.75, 3.05) is 6.54 Å². The number of rotatable bonds is 2. The molecular formula is C16H22N2O3. The highest BCUT2D eigenvalue weighted by Crippen LogP contribution is 2.59. The van der Waals surface area contributed by atoms with Crippen LogP contribution in [0.3, 0.4) is 0 Å². The van der Waals surface area contributed by atoms with Gasteiger partial charge in [-0.3, -0.25) is 9.59 Å². The van der Waals surface area contributed by atoms with E-state index in [1.807, 2.05) is 25.7 Å². The van der Waals surface area contributed by atoms with Crippen LogP contribution < -0.4 is 0 Å². The molecule has 5 nitrogen and oxygen atoms in total. The number of carboxylic acid groups (broad SMARTS) is 1. The average Bonchev–Trinajstić information content (AvgIpc) is 2.78. The summed E-state index contributed by atoms with van der Waals surface area (Å²) in [7, 11) is 0. The molecule has 1 amide bonds. The smallest absolute Gasteiger partial charge is 0.307 e. The fourth-order valence-corrected chi connectivity index (χ4v) is 3.86. The minimum Gasteiger partial charge on any atom is -0.481 e. The summed E-state index contributed by atoms with van der Waals surface area (Å²) in [5.41, 5.74) is 1.91. The maximum Gasteiger partial charge on any atom is 0.307 e. The van der Waals surface area contributed by atoms with Gasteiger partial charge < -0.3 is 14.6 Å². The lowest BCUT2D eigenvalue weighted by molar-refractivity contribution is -0.143. The molecular weight excluding hydrogens is 268 g/mol. The van der Waals surface area contributed by atoms with E-state index in [2.05, 4.69) is 23.6 Å². The number of hydrogen-bond donors (Lipinski definition) is 1. The van der Waals surface area contributed by atoms with Crippen molar-refractivity contribution in [1.82, 2.24) is 9.47 Å². The Kier molecular flexibility index (Phi) is 2.94. The lowest BCUT2D eigenvalue weighted by Gasteiger charge is -2.36. The Balaban J connectivity index is 1.83. The van der Waals surface area contributed by atoms with Gasteiger partial charge in [0.25, 0.3) is 0 Å². The Hall–Kier alpha value is -1.78. The third-order valence-corrected chi connectivity index (χ3v) is 5.34. The minimum absolute atomic E-state index is 0.00537. The van der Waals surface area contributed by atoms with E-state index in [1.54, 1.807) is 0 Å². The van der Waals surface area contributed by atoms with Crippen LogP contribution in [0.2, 0.25) is 0 Å². The van der Waals surface area contributed by atoms with E-state index in [9.17, 15) is 14.7 Å². The zero-order valence-electron chi connectivity index (χ0n) is 13.0. The molecule has 1 fully saturated rings. The van der Waals surface area contributed by atoms with Gasteiger partial charge in [0.05, 0.1) is 17.9 Å². The number of carboxylic acids is 1. The summed E-state index contributed by atoms with van der Waals surface area (Å²) >= 11 is 0. The molecule has 0 saturated heterocycles. The van der Waals surface area contributed by atoms with Gasteiger partial charge in [-0.05, 0) is 31.4 Å². The van der Waals surface area contributed by atoms with Gasteiger partial charge in [0, 0.05) is 24.5 Å². The van der Waals surface area contributed by atoms with Crippen molar-refractivity contribution in [2.45, 2.75) is 40.3 Å². The van der Waals surface area contributed by atoms with Crippen molar-refractivity contribution in [3.8, 4) is 0 Å². The predicted molar refractivity (Wildman–Crippen MR) is 77.7 cm³/mol. The fourth-order valence-electron chi connectivity index (χ4n) is 3.86. The monoisotopic (exact) mass is 290 g/mol. The molecule has 0 aromatic carbocycles. The maximum atomic E-state index is 12.8. The molecule has 5 heteroatoms. The van der Waals surface area contributed by atoms with Gasteiger partial charge in [-0.1, -0.05) is 13.8 Å². The molecule has 0 bridgehead atoms. The molecule has 2 aliphatic rings. The zero-order chi connectivity index (χ0) is 15.5. The maximum absolute atomic E-state index is 12.8. The number of hydrogen-bond acceptors (Lipinski definition) is 2. The van der Waals surface area contributed by atoms with Crippen molar-refractivity contribution in [3.05, 3.63) is 23.5 Å². The molecule has 0 radical (unpaired) electrons. The molecule has 0 spiro atoms. The number of nitrogens with zero attached hydrogens (tertiary/aromatic N) is 2. The van der Waals surface area contributed by atoms with Crippen LogP contribution in [0.15, 0.2) is 12.1 Å². The highest BCUT2D eigenvalue weighted by atomic mass is 16.4. The zero-order valence-corrected chi connectivity index (χ0v) is 13.0. The molecule has 1 aliphatic heterocycles. The van der Waals surface area contributed by atoms with E-state index >= 15 is 0 Å². The second kappa shape index (κ2) is 4.36. The van der Waals surface area contributed by atoms with Crippen molar-refractivity contribution in [2.24, 2.45) is 17.3 Å². The van der Waals surface area contributed by atoms with Crippen LogP contribution in [-0.2, 0) is 16.1 Å². The minimum atomic E-state index is -0.859. The number of amides is 1. The van der Waals surface area contributed by atoms with E-state index in [-0.39, 0.29) is 17.9 Å². The largest absolute Gasteiger partial charge is 0.481 e. The van der Waals surface area contributed by atoms with Crippen molar-refractivity contribution < 1.29 is 14.7 Å². The molecule has 114 valence electrons. The van der Waals surface area contributed by atoms with Crippen LogP contribution in [-0.4, -0.2) is 33.0 Å². The summed E-state index contributed by atoms with van der Waals surface area (Å²) in [6.07, 6.45) is 0. The Morgan fingerprint density at radius 1 is 1.24 bits per heavy atom. The Morgan fingerprint density at radius 2 is 1.90 bits per heavy atom. The van der Waals surface area contributed by atoms with Crippen molar-refractivity contribution >= 4 is 11.9 Å². The fraction of sp³-hybridized carbons (Fsp3) is 0.625. The van der Waals surface area contributed by atoms with Gasteiger partial charge in [0.15, 0.2) is 0 Å². The van der Waals surface area contributed by atoms with Crippen molar-refractivity contribution in [3.63, 3.8) is 0 Å². The second-order valence-corrected chi connectivity index (χ2v) is 6.87. The number of aliphatic carboxylic acids is 1. The van der Waals surface area contributed by atoms with Crippen molar-refractivity contribution in [1.29, 1.82) is 0 Å². The number of fused-ring (bicyclic) bond motifs is 1. The Bertz CT molecular complexity index is 617. The van der Waals surface area contributed by atoms with E-state index in [0.717, 1.165) is 12.2 Å². The van der Waals surface area contributed by atoms with E-state index in [4.69, 9.17) is 0 Å². The summed E-state index contributed by atoms with van der Waals surface area (Å²) in [5.74, 6) is -1.81. The molecule has 3 rings (SSSR count). The predicted octanol–water partition coefficient (Wildman–Crippen LogP) is 2.06. The first-order valence-corrected chi connectivity index (χ1v) is 7.46. The molecule has 21 heavy (non-hydrogen) atoms. The van der Waals surface area contributed by atoms with Gasteiger partial charge >= 0.3 is 5.97 Å². The second-order valence-electron chi connectivity index (χ2n) is 6.87. The van der Waals surface area contributed by atoms with Crippen LogP contribution in [0, 0.1) is 24.2 Å². The number of carbonyl (C=O) groups excluding carboxylic acids is 1. The molecule has 3 atom stereocenters. The van der Waals surface area contributed by atoms with E-state index in [1.165, 1.54) is 5.69 Å². The molecule has 1 aromatic rings. The summed E-state index contributed by atoms with van der Waals surface area (Å²) in [4.78, 5) is 25.9. The Labute approximate surface area is 124 Å². The summed E-state index contributed by atoms with van der Waals surface area (Å²) in [6.45, 7) is 9.27. The van der Waals surface area contributed by atoms with Crippen LogP contribution in [0.1, 0.15) is 38.2 Å². The highest BCUT2D eigenvalue weighted by molar-refractivity contribution is 5.92. The van der Waals surface area contributed by atoms with E-state index in [0.29, 0.717) is 6.54 Å². The molecule has 1 aromatic heterocycles. The third kappa shape index (κ3) is 1.90. The van der Waals surface area contributed by atoms with Gasteiger partial charge in [0.1, 0.15) is 0 Å². The van der Waals surface area contributed by atoms with Gasteiger partial charge in [-0.2, -0.15) is 0 Å². The van der Waals surface area contributed by atoms with Gasteiger partial charge in [0.2, 0.25) is 5.91 Å².